The number of halogens is 1. The molecular formula is C19H18FN3O2. The monoisotopic (exact) mass is 339 g/mol. The molecule has 5 nitrogen and oxygen atoms in total. The fraction of sp³-hybridized carbons (Fsp3) is 0.316. The number of aromatic nitrogens is 1. The van der Waals surface area contributed by atoms with Crippen LogP contribution in [0.3, 0.4) is 0 Å². The van der Waals surface area contributed by atoms with Crippen LogP contribution >= 0.6 is 0 Å². The number of hydrogen-bond donors (Lipinski definition) is 0. The van der Waals surface area contributed by atoms with Crippen LogP contribution in [0.1, 0.15) is 24.3 Å². The van der Waals surface area contributed by atoms with Gasteiger partial charge in [-0.2, -0.15) is 0 Å². The molecule has 0 unspecified atom stereocenters. The highest BCUT2D eigenvalue weighted by molar-refractivity contribution is 6.06. The second-order valence-corrected chi connectivity index (χ2v) is 6.53. The molecule has 2 aliphatic rings. The van der Waals surface area contributed by atoms with Crippen LogP contribution in [-0.2, 0) is 9.59 Å². The predicted octanol–water partition coefficient (Wildman–Crippen LogP) is 2.72. The molecular weight excluding hydrogens is 321 g/mol. The molecule has 2 atom stereocenters. The number of carbonyl (C=O) groups is 2. The lowest BCUT2D eigenvalue weighted by molar-refractivity contribution is -0.120. The molecule has 2 aromatic rings. The van der Waals surface area contributed by atoms with Gasteiger partial charge in [-0.1, -0.05) is 12.1 Å². The quantitative estimate of drug-likeness (QED) is 0.845. The van der Waals surface area contributed by atoms with E-state index in [4.69, 9.17) is 0 Å². The number of pyridine rings is 1. The summed E-state index contributed by atoms with van der Waals surface area (Å²) in [7, 11) is 1.72. The second-order valence-electron chi connectivity index (χ2n) is 6.53. The average Bonchev–Trinajstić information content (AvgIpc) is 3.42. The number of benzene rings is 1. The van der Waals surface area contributed by atoms with Crippen molar-refractivity contribution < 1.29 is 14.0 Å². The normalized spacial score (nSPS) is 22.4. The zero-order valence-electron chi connectivity index (χ0n) is 13.9. The maximum atomic E-state index is 13.9. The third-order valence-electron chi connectivity index (χ3n) is 5.03. The minimum atomic E-state index is -0.367. The number of rotatable bonds is 2. The van der Waals surface area contributed by atoms with Gasteiger partial charge in [0.25, 0.3) is 0 Å². The molecule has 1 aromatic carbocycles. The van der Waals surface area contributed by atoms with Gasteiger partial charge >= 0.3 is 0 Å². The number of amides is 2. The Kier molecular flexibility index (Phi) is 3.75. The van der Waals surface area contributed by atoms with Gasteiger partial charge in [-0.25, -0.2) is 4.39 Å². The van der Waals surface area contributed by atoms with Gasteiger partial charge in [0, 0.05) is 32.1 Å². The van der Waals surface area contributed by atoms with E-state index in [9.17, 15) is 14.0 Å². The van der Waals surface area contributed by atoms with Crippen LogP contribution in [0.25, 0.3) is 0 Å². The molecule has 25 heavy (non-hydrogen) atoms. The molecule has 1 aromatic heterocycles. The summed E-state index contributed by atoms with van der Waals surface area (Å²) in [5.41, 5.74) is 2.01. The van der Waals surface area contributed by atoms with Crippen molar-refractivity contribution in [3.05, 3.63) is 54.1 Å². The lowest BCUT2D eigenvalue weighted by Crippen LogP contribution is -2.33. The Balaban J connectivity index is 1.62. The smallest absolute Gasteiger partial charge is 0.230 e. The van der Waals surface area contributed by atoms with Crippen molar-refractivity contribution in [1.82, 2.24) is 4.98 Å². The number of fused-ring (bicyclic) bond motifs is 1. The maximum Gasteiger partial charge on any atom is 0.230 e. The van der Waals surface area contributed by atoms with Crippen LogP contribution in [0.5, 0.6) is 0 Å². The topological polar surface area (TPSA) is 53.5 Å². The Labute approximate surface area is 145 Å². The zero-order chi connectivity index (χ0) is 17.6. The Morgan fingerprint density at radius 3 is 2.76 bits per heavy atom. The van der Waals surface area contributed by atoms with Crippen LogP contribution in [-0.4, -0.2) is 30.4 Å². The van der Waals surface area contributed by atoms with Crippen LogP contribution in [0, 0.1) is 11.7 Å². The Hall–Kier alpha value is -2.76. The van der Waals surface area contributed by atoms with E-state index in [1.165, 1.54) is 6.20 Å². The van der Waals surface area contributed by atoms with Crippen LogP contribution in [0.15, 0.2) is 42.7 Å². The number of anilines is 2. The van der Waals surface area contributed by atoms with Gasteiger partial charge in [0.2, 0.25) is 11.8 Å². The standard InChI is InChI=1S/C19H18FN3O2/c1-22-16-4-2-3-5-17(16)23(9-7-18(22)24)19(25)14-10-13(14)12-6-8-21-11-15(12)20/h2-6,8,11,13-14H,7,9-10H2,1H3/t13-,14+/m0/s1. The highest BCUT2D eigenvalue weighted by Gasteiger charge is 2.47. The van der Waals surface area contributed by atoms with Crippen molar-refractivity contribution >= 4 is 23.2 Å². The SMILES string of the molecule is CN1C(=O)CCN(C(=O)[C@@H]2C[C@H]2c2ccncc2F)c2ccccc21. The minimum absolute atomic E-state index is 0.0183. The third kappa shape index (κ3) is 2.67. The molecule has 2 amide bonds. The number of nitrogens with zero attached hydrogens (tertiary/aromatic N) is 3. The van der Waals surface area contributed by atoms with Crippen molar-refractivity contribution in [2.24, 2.45) is 5.92 Å². The maximum absolute atomic E-state index is 13.9. The fourth-order valence-corrected chi connectivity index (χ4v) is 3.53. The number of para-hydroxylation sites is 2. The van der Waals surface area contributed by atoms with Crippen LogP contribution in [0.2, 0.25) is 0 Å². The summed E-state index contributed by atoms with van der Waals surface area (Å²) >= 11 is 0. The average molecular weight is 339 g/mol. The van der Waals surface area contributed by atoms with E-state index in [2.05, 4.69) is 4.98 Å². The van der Waals surface area contributed by atoms with Gasteiger partial charge in [-0.05, 0) is 36.1 Å². The van der Waals surface area contributed by atoms with Gasteiger partial charge in [0.1, 0.15) is 5.82 Å². The lowest BCUT2D eigenvalue weighted by atomic mass is 10.1. The molecule has 6 heteroatoms. The van der Waals surface area contributed by atoms with Crippen molar-refractivity contribution in [1.29, 1.82) is 0 Å². The predicted molar refractivity (Wildman–Crippen MR) is 91.9 cm³/mol. The first-order valence-electron chi connectivity index (χ1n) is 8.34. The highest BCUT2D eigenvalue weighted by atomic mass is 19.1. The second kappa shape index (κ2) is 5.95. The van der Waals surface area contributed by atoms with E-state index >= 15 is 0 Å². The summed E-state index contributed by atoms with van der Waals surface area (Å²) in [5.74, 6) is -0.788. The van der Waals surface area contributed by atoms with Crippen LogP contribution in [0.4, 0.5) is 15.8 Å². The Morgan fingerprint density at radius 1 is 1.24 bits per heavy atom. The van der Waals surface area contributed by atoms with E-state index in [0.717, 1.165) is 11.4 Å². The van der Waals surface area contributed by atoms with Crippen molar-refractivity contribution in [2.75, 3.05) is 23.4 Å². The van der Waals surface area contributed by atoms with E-state index in [1.54, 1.807) is 29.1 Å². The molecule has 1 aliphatic carbocycles. The zero-order valence-corrected chi connectivity index (χ0v) is 13.9. The molecule has 0 radical (unpaired) electrons. The molecule has 2 heterocycles. The van der Waals surface area contributed by atoms with Crippen molar-refractivity contribution in [3.8, 4) is 0 Å². The summed E-state index contributed by atoms with van der Waals surface area (Å²) < 4.78 is 13.9. The molecule has 0 spiro atoms. The lowest BCUT2D eigenvalue weighted by Gasteiger charge is -2.23. The Morgan fingerprint density at radius 2 is 2.00 bits per heavy atom. The van der Waals surface area contributed by atoms with E-state index < -0.39 is 0 Å². The van der Waals surface area contributed by atoms with Gasteiger partial charge in [-0.15, -0.1) is 0 Å². The highest BCUT2D eigenvalue weighted by Crippen LogP contribution is 2.50. The third-order valence-corrected chi connectivity index (χ3v) is 5.03. The number of carbonyl (C=O) groups excluding carboxylic acids is 2. The molecule has 4 rings (SSSR count). The fourth-order valence-electron chi connectivity index (χ4n) is 3.53. The summed E-state index contributed by atoms with van der Waals surface area (Å²) in [6.07, 6.45) is 3.64. The molecule has 1 fully saturated rings. The van der Waals surface area contributed by atoms with Gasteiger partial charge in [0.05, 0.1) is 17.6 Å². The van der Waals surface area contributed by atoms with Crippen molar-refractivity contribution in [3.63, 3.8) is 0 Å². The van der Waals surface area contributed by atoms with E-state index in [0.29, 0.717) is 18.5 Å². The first-order chi connectivity index (χ1) is 12.1. The Bertz CT molecular complexity index is 854. The van der Waals surface area contributed by atoms with Gasteiger partial charge in [-0.3, -0.25) is 14.6 Å². The van der Waals surface area contributed by atoms with Crippen LogP contribution < -0.4 is 9.80 Å². The first kappa shape index (κ1) is 15.7. The molecule has 128 valence electrons. The molecule has 1 aliphatic heterocycles. The molecule has 1 saturated carbocycles. The summed E-state index contributed by atoms with van der Waals surface area (Å²) in [6, 6.07) is 9.04. The number of hydrogen-bond acceptors (Lipinski definition) is 3. The van der Waals surface area contributed by atoms with Gasteiger partial charge in [0.15, 0.2) is 0 Å². The largest absolute Gasteiger partial charge is 0.313 e. The summed E-state index contributed by atoms with van der Waals surface area (Å²) in [6.45, 7) is 0.348. The molecule has 0 N–H and O–H groups in total. The summed E-state index contributed by atoms with van der Waals surface area (Å²) in [5, 5.41) is 0. The van der Waals surface area contributed by atoms with Crippen molar-refractivity contribution in [2.45, 2.75) is 18.8 Å². The first-order valence-corrected chi connectivity index (χ1v) is 8.34. The molecule has 0 saturated heterocycles. The van der Waals surface area contributed by atoms with E-state index in [1.807, 2.05) is 24.3 Å². The molecule has 0 bridgehead atoms. The summed E-state index contributed by atoms with van der Waals surface area (Å²) in [4.78, 5) is 32.3. The van der Waals surface area contributed by atoms with E-state index in [-0.39, 0.29) is 35.9 Å². The minimum Gasteiger partial charge on any atom is -0.313 e. The van der Waals surface area contributed by atoms with Gasteiger partial charge < -0.3 is 9.80 Å².